The summed E-state index contributed by atoms with van der Waals surface area (Å²) in [6, 6.07) is 3.68. The molecule has 0 bridgehead atoms. The lowest BCUT2D eigenvalue weighted by atomic mass is 10.3. The van der Waals surface area contributed by atoms with Crippen molar-refractivity contribution in [2.75, 3.05) is 5.43 Å². The molecule has 0 aliphatic rings. The summed E-state index contributed by atoms with van der Waals surface area (Å²) < 4.78 is 0.357. The van der Waals surface area contributed by atoms with Gasteiger partial charge in [-0.2, -0.15) is 10.2 Å². The molecule has 0 amide bonds. The van der Waals surface area contributed by atoms with Crippen LogP contribution in [0.3, 0.4) is 0 Å². The lowest BCUT2D eigenvalue weighted by molar-refractivity contribution is 0.977. The van der Waals surface area contributed by atoms with E-state index in [-0.39, 0.29) is 5.56 Å². The van der Waals surface area contributed by atoms with Crippen LogP contribution >= 0.6 is 15.9 Å². The molecular formula is C10H8BrN5O. The number of hydrogen-bond donors (Lipinski definition) is 2. The van der Waals surface area contributed by atoms with Crippen LogP contribution in [0.2, 0.25) is 0 Å². The molecule has 0 aromatic carbocycles. The Hall–Kier alpha value is -2.02. The van der Waals surface area contributed by atoms with Gasteiger partial charge in [-0.15, -0.1) is 0 Å². The minimum absolute atomic E-state index is 0.313. The van der Waals surface area contributed by atoms with Crippen molar-refractivity contribution in [3.63, 3.8) is 0 Å². The number of anilines is 1. The third-order valence-electron chi connectivity index (χ3n) is 1.88. The van der Waals surface area contributed by atoms with Crippen molar-refractivity contribution < 1.29 is 0 Å². The van der Waals surface area contributed by atoms with Gasteiger partial charge >= 0.3 is 0 Å². The predicted molar refractivity (Wildman–Crippen MR) is 68.0 cm³/mol. The zero-order chi connectivity index (χ0) is 12.1. The number of halogens is 1. The molecule has 0 saturated carbocycles. The summed E-state index contributed by atoms with van der Waals surface area (Å²) >= 11 is 3.13. The molecule has 0 fully saturated rings. The molecule has 6 nitrogen and oxygen atoms in total. The van der Waals surface area contributed by atoms with Crippen molar-refractivity contribution in [3.8, 4) is 0 Å². The van der Waals surface area contributed by atoms with E-state index >= 15 is 0 Å². The first-order valence-corrected chi connectivity index (χ1v) is 5.49. The molecule has 2 aromatic rings. The molecule has 2 N–H and O–H groups in total. The van der Waals surface area contributed by atoms with Crippen molar-refractivity contribution >= 4 is 27.8 Å². The molecule has 0 saturated heterocycles. The number of aromatic amines is 1. The van der Waals surface area contributed by atoms with E-state index in [1.54, 1.807) is 18.6 Å². The van der Waals surface area contributed by atoms with Crippen LogP contribution < -0.4 is 11.0 Å². The van der Waals surface area contributed by atoms with Gasteiger partial charge in [0.15, 0.2) is 0 Å². The quantitative estimate of drug-likeness (QED) is 0.661. The molecule has 0 aliphatic carbocycles. The Bertz CT molecular complexity index is 581. The number of pyridine rings is 1. The molecule has 2 aromatic heterocycles. The van der Waals surface area contributed by atoms with Gasteiger partial charge in [0.2, 0.25) is 0 Å². The zero-order valence-corrected chi connectivity index (χ0v) is 10.2. The number of hydrogen-bond acceptors (Lipinski definition) is 5. The number of rotatable bonds is 3. The van der Waals surface area contributed by atoms with E-state index in [0.717, 1.165) is 5.56 Å². The first kappa shape index (κ1) is 11.5. The first-order chi connectivity index (χ1) is 8.27. The molecule has 7 heteroatoms. The third-order valence-corrected chi connectivity index (χ3v) is 2.67. The summed E-state index contributed by atoms with van der Waals surface area (Å²) in [7, 11) is 0. The molecule has 0 radical (unpaired) electrons. The van der Waals surface area contributed by atoms with E-state index in [0.29, 0.717) is 10.2 Å². The van der Waals surface area contributed by atoms with Crippen molar-refractivity contribution in [3.05, 3.63) is 51.1 Å². The molecule has 0 atom stereocenters. The van der Waals surface area contributed by atoms with E-state index in [1.807, 2.05) is 12.1 Å². The van der Waals surface area contributed by atoms with Crippen molar-refractivity contribution in [1.29, 1.82) is 0 Å². The normalized spacial score (nSPS) is 10.6. The maximum absolute atomic E-state index is 11.2. The smallest absolute Gasteiger partial charge is 0.275 e. The van der Waals surface area contributed by atoms with Crippen molar-refractivity contribution in [2.24, 2.45) is 5.10 Å². The monoisotopic (exact) mass is 293 g/mol. The molecule has 17 heavy (non-hydrogen) atoms. The maximum Gasteiger partial charge on any atom is 0.280 e. The summed E-state index contributed by atoms with van der Waals surface area (Å²) in [6.45, 7) is 0. The van der Waals surface area contributed by atoms with Crippen LogP contribution in [0.25, 0.3) is 0 Å². The SMILES string of the molecule is O=c1[nH]ncc(N/N=C/c2cccnc2)c1Br. The second-order valence-corrected chi connectivity index (χ2v) is 3.88. The second-order valence-electron chi connectivity index (χ2n) is 3.08. The summed E-state index contributed by atoms with van der Waals surface area (Å²) in [5.74, 6) is 0. The van der Waals surface area contributed by atoms with Gasteiger partial charge in [0.05, 0.1) is 18.1 Å². The Labute approximate surface area is 105 Å². The van der Waals surface area contributed by atoms with Gasteiger partial charge in [-0.1, -0.05) is 6.07 Å². The Kier molecular flexibility index (Phi) is 3.61. The Morgan fingerprint density at radius 1 is 1.47 bits per heavy atom. The summed E-state index contributed by atoms with van der Waals surface area (Å²) in [5, 5.41) is 9.92. The number of H-pyrrole nitrogens is 1. The van der Waals surface area contributed by atoms with Crippen LogP contribution in [-0.2, 0) is 0 Å². The highest BCUT2D eigenvalue weighted by Crippen LogP contribution is 2.14. The first-order valence-electron chi connectivity index (χ1n) is 4.69. The Balaban J connectivity index is 2.11. The van der Waals surface area contributed by atoms with E-state index in [1.165, 1.54) is 6.20 Å². The van der Waals surface area contributed by atoms with Crippen molar-refractivity contribution in [2.45, 2.75) is 0 Å². The molecule has 2 rings (SSSR count). The topological polar surface area (TPSA) is 83.0 Å². The fourth-order valence-corrected chi connectivity index (χ4v) is 1.37. The number of nitrogens with zero attached hydrogens (tertiary/aromatic N) is 3. The minimum atomic E-state index is -0.313. The second kappa shape index (κ2) is 5.35. The average Bonchev–Trinajstić information content (AvgIpc) is 2.36. The van der Waals surface area contributed by atoms with Gasteiger partial charge in [-0.3, -0.25) is 15.2 Å². The highest BCUT2D eigenvalue weighted by Gasteiger charge is 2.01. The van der Waals surface area contributed by atoms with Crippen LogP contribution in [0.4, 0.5) is 5.69 Å². The predicted octanol–water partition coefficient (Wildman–Crippen LogP) is 1.37. The van der Waals surface area contributed by atoms with Gasteiger partial charge in [0.1, 0.15) is 4.47 Å². The summed E-state index contributed by atoms with van der Waals surface area (Å²) in [5.41, 5.74) is 3.75. The molecule has 0 unspecified atom stereocenters. The highest BCUT2D eigenvalue weighted by molar-refractivity contribution is 9.10. The van der Waals surface area contributed by atoms with E-state index in [4.69, 9.17) is 0 Å². The number of hydrazone groups is 1. The lowest BCUT2D eigenvalue weighted by Gasteiger charge is -2.00. The van der Waals surface area contributed by atoms with Crippen molar-refractivity contribution in [1.82, 2.24) is 15.2 Å². The number of aromatic nitrogens is 3. The molecule has 0 aliphatic heterocycles. The van der Waals surface area contributed by atoms with Gasteiger partial charge in [-0.05, 0) is 22.0 Å². The lowest BCUT2D eigenvalue weighted by Crippen LogP contribution is -2.10. The fraction of sp³-hybridized carbons (Fsp3) is 0. The Morgan fingerprint density at radius 2 is 2.35 bits per heavy atom. The highest BCUT2D eigenvalue weighted by atomic mass is 79.9. The Morgan fingerprint density at radius 3 is 3.12 bits per heavy atom. The van der Waals surface area contributed by atoms with E-state index < -0.39 is 0 Å². The third kappa shape index (κ3) is 2.97. The summed E-state index contributed by atoms with van der Waals surface area (Å²) in [4.78, 5) is 15.2. The fourth-order valence-electron chi connectivity index (χ4n) is 1.09. The number of nitrogens with one attached hydrogen (secondary N) is 2. The van der Waals surface area contributed by atoms with Crippen LogP contribution in [-0.4, -0.2) is 21.4 Å². The summed E-state index contributed by atoms with van der Waals surface area (Å²) in [6.07, 6.45) is 6.42. The standard InChI is InChI=1S/C10H8BrN5O/c11-9-8(6-14-16-10(9)17)15-13-5-7-2-1-3-12-4-7/h1-6H,(H2,15,16,17)/b13-5+. The van der Waals surface area contributed by atoms with Gasteiger partial charge in [0, 0.05) is 18.0 Å². The largest absolute Gasteiger partial charge is 0.280 e. The van der Waals surface area contributed by atoms with Gasteiger partial charge < -0.3 is 0 Å². The molecular weight excluding hydrogens is 286 g/mol. The molecule has 0 spiro atoms. The average molecular weight is 294 g/mol. The van der Waals surface area contributed by atoms with E-state index in [9.17, 15) is 4.79 Å². The van der Waals surface area contributed by atoms with Crippen LogP contribution in [0.1, 0.15) is 5.56 Å². The van der Waals surface area contributed by atoms with Gasteiger partial charge in [-0.25, -0.2) is 5.10 Å². The molecule has 86 valence electrons. The van der Waals surface area contributed by atoms with Crippen LogP contribution in [0, 0.1) is 0 Å². The van der Waals surface area contributed by atoms with Crippen LogP contribution in [0.5, 0.6) is 0 Å². The maximum atomic E-state index is 11.2. The minimum Gasteiger partial charge on any atom is -0.275 e. The zero-order valence-electron chi connectivity index (χ0n) is 8.59. The van der Waals surface area contributed by atoms with Crippen LogP contribution in [0.15, 0.2) is 45.1 Å². The molecule has 2 heterocycles. The van der Waals surface area contributed by atoms with Gasteiger partial charge in [0.25, 0.3) is 5.56 Å². The van der Waals surface area contributed by atoms with E-state index in [2.05, 4.69) is 41.6 Å².